The first-order chi connectivity index (χ1) is 5.24. The zero-order chi connectivity index (χ0) is 8.27. The minimum absolute atomic E-state index is 0.583. The number of hydrogen-bond donors (Lipinski definition) is 2. The number of aliphatic hydroxyl groups excluding tert-OH is 1. The van der Waals surface area contributed by atoms with Crippen molar-refractivity contribution >= 4 is 5.96 Å². The average Bonchev–Trinajstić information content (AvgIpc) is 2.36. The molecule has 1 heterocycles. The van der Waals surface area contributed by atoms with Gasteiger partial charge in [-0.3, -0.25) is 0 Å². The van der Waals surface area contributed by atoms with E-state index in [4.69, 9.17) is 5.11 Å². The maximum absolute atomic E-state index is 8.82. The monoisotopic (exact) mass is 159 g/mol. The molecule has 1 atom stereocenters. The van der Waals surface area contributed by atoms with E-state index >= 15 is 0 Å². The predicted octanol–water partition coefficient (Wildman–Crippen LogP) is -0.505. The van der Waals surface area contributed by atoms with Crippen LogP contribution < -0.4 is 5.48 Å². The van der Waals surface area contributed by atoms with Crippen molar-refractivity contribution in [1.29, 1.82) is 0 Å². The molecule has 1 unspecified atom stereocenters. The summed E-state index contributed by atoms with van der Waals surface area (Å²) in [6.07, 6.45) is -0.0166. The molecule has 0 aliphatic carbocycles. The van der Waals surface area contributed by atoms with Crippen molar-refractivity contribution in [2.75, 3.05) is 13.6 Å². The van der Waals surface area contributed by atoms with Crippen molar-refractivity contribution in [3.63, 3.8) is 0 Å². The van der Waals surface area contributed by atoms with Crippen LogP contribution in [0.25, 0.3) is 0 Å². The second-order valence-electron chi connectivity index (χ2n) is 2.42. The summed E-state index contributed by atoms with van der Waals surface area (Å²) in [7, 11) is 1.89. The zero-order valence-electron chi connectivity index (χ0n) is 6.74. The summed E-state index contributed by atoms with van der Waals surface area (Å²) in [6, 6.07) is 0. The van der Waals surface area contributed by atoms with Gasteiger partial charge in [-0.2, -0.15) is 4.99 Å². The molecule has 5 heteroatoms. The number of aliphatic hydroxyl groups is 1. The van der Waals surface area contributed by atoms with Gasteiger partial charge in [-0.15, -0.1) is 0 Å². The van der Waals surface area contributed by atoms with Gasteiger partial charge in [0.2, 0.25) is 5.96 Å². The molecule has 0 amide bonds. The van der Waals surface area contributed by atoms with E-state index < -0.39 is 6.41 Å². The SMILES string of the molecule is CCCN(C)C1=NC(O)ON1. The van der Waals surface area contributed by atoms with Gasteiger partial charge in [0.1, 0.15) is 0 Å². The van der Waals surface area contributed by atoms with Crippen LogP contribution in [-0.4, -0.2) is 36.0 Å². The molecule has 0 fully saturated rings. The lowest BCUT2D eigenvalue weighted by atomic mass is 10.4. The van der Waals surface area contributed by atoms with E-state index in [1.54, 1.807) is 0 Å². The van der Waals surface area contributed by atoms with Gasteiger partial charge >= 0.3 is 0 Å². The fourth-order valence-corrected chi connectivity index (χ4v) is 0.881. The molecular weight excluding hydrogens is 146 g/mol. The standard InChI is InChI=1S/C6H13N3O2/c1-3-4-9(2)5-7-6(10)11-8-5/h6,10H,3-4H2,1-2H3,(H,7,8). The zero-order valence-corrected chi connectivity index (χ0v) is 6.74. The Labute approximate surface area is 65.6 Å². The molecule has 1 rings (SSSR count). The summed E-state index contributed by atoms with van der Waals surface area (Å²) in [4.78, 5) is 10.3. The highest BCUT2D eigenvalue weighted by Gasteiger charge is 2.16. The number of hydrogen-bond acceptors (Lipinski definition) is 5. The predicted molar refractivity (Wildman–Crippen MR) is 40.6 cm³/mol. The van der Waals surface area contributed by atoms with E-state index in [-0.39, 0.29) is 0 Å². The molecule has 2 N–H and O–H groups in total. The number of nitrogens with one attached hydrogen (secondary N) is 1. The van der Waals surface area contributed by atoms with Gasteiger partial charge in [-0.25, -0.2) is 10.3 Å². The molecular formula is C6H13N3O2. The summed E-state index contributed by atoms with van der Waals surface area (Å²) < 4.78 is 0. The first kappa shape index (κ1) is 8.29. The third kappa shape index (κ3) is 2.06. The average molecular weight is 159 g/mol. The molecule has 0 radical (unpaired) electrons. The van der Waals surface area contributed by atoms with Crippen LogP contribution in [0.1, 0.15) is 13.3 Å². The Bertz CT molecular complexity index is 160. The van der Waals surface area contributed by atoms with Crippen molar-refractivity contribution in [3.8, 4) is 0 Å². The Hall–Kier alpha value is -0.810. The molecule has 0 aromatic carbocycles. The van der Waals surface area contributed by atoms with Crippen LogP contribution in [0.2, 0.25) is 0 Å². The van der Waals surface area contributed by atoms with Gasteiger partial charge in [-0.1, -0.05) is 6.92 Å². The molecule has 0 bridgehead atoms. The van der Waals surface area contributed by atoms with E-state index in [1.807, 2.05) is 11.9 Å². The molecule has 1 aliphatic heterocycles. The van der Waals surface area contributed by atoms with Gasteiger partial charge in [-0.05, 0) is 6.42 Å². The first-order valence-corrected chi connectivity index (χ1v) is 3.62. The minimum Gasteiger partial charge on any atom is -0.348 e. The van der Waals surface area contributed by atoms with Crippen molar-refractivity contribution in [1.82, 2.24) is 10.4 Å². The normalized spacial score (nSPS) is 22.8. The highest BCUT2D eigenvalue weighted by atomic mass is 16.7. The lowest BCUT2D eigenvalue weighted by Gasteiger charge is -2.15. The van der Waals surface area contributed by atoms with Gasteiger partial charge in [0.05, 0.1) is 0 Å². The molecule has 0 aromatic rings. The summed E-state index contributed by atoms with van der Waals surface area (Å²) in [6.45, 7) is 2.96. The maximum Gasteiger partial charge on any atom is 0.281 e. The molecule has 0 spiro atoms. The van der Waals surface area contributed by atoms with Gasteiger partial charge in [0.25, 0.3) is 6.41 Å². The smallest absolute Gasteiger partial charge is 0.281 e. The van der Waals surface area contributed by atoms with E-state index in [9.17, 15) is 0 Å². The molecule has 5 nitrogen and oxygen atoms in total. The van der Waals surface area contributed by atoms with Crippen LogP contribution in [0, 0.1) is 0 Å². The van der Waals surface area contributed by atoms with Gasteiger partial charge in [0.15, 0.2) is 0 Å². The highest BCUT2D eigenvalue weighted by Crippen LogP contribution is 1.99. The van der Waals surface area contributed by atoms with Crippen LogP contribution in [0.15, 0.2) is 4.99 Å². The Balaban J connectivity index is 2.41. The topological polar surface area (TPSA) is 57.1 Å². The Morgan fingerprint density at radius 1 is 1.82 bits per heavy atom. The lowest BCUT2D eigenvalue weighted by Crippen LogP contribution is -2.35. The maximum atomic E-state index is 8.82. The number of nitrogens with zero attached hydrogens (tertiary/aromatic N) is 2. The molecule has 0 aromatic heterocycles. The third-order valence-electron chi connectivity index (χ3n) is 1.41. The van der Waals surface area contributed by atoms with Crippen LogP contribution >= 0.6 is 0 Å². The van der Waals surface area contributed by atoms with Crippen LogP contribution in [0.3, 0.4) is 0 Å². The van der Waals surface area contributed by atoms with Crippen LogP contribution in [0.5, 0.6) is 0 Å². The number of aliphatic imine (C=N–C) groups is 1. The van der Waals surface area contributed by atoms with E-state index in [0.717, 1.165) is 13.0 Å². The van der Waals surface area contributed by atoms with Gasteiger partial charge in [0, 0.05) is 13.6 Å². The summed E-state index contributed by atoms with van der Waals surface area (Å²) in [5, 5.41) is 8.82. The van der Waals surface area contributed by atoms with Crippen molar-refractivity contribution in [3.05, 3.63) is 0 Å². The van der Waals surface area contributed by atoms with E-state index in [2.05, 4.69) is 22.2 Å². The van der Waals surface area contributed by atoms with Crippen molar-refractivity contribution in [2.24, 2.45) is 4.99 Å². The Morgan fingerprint density at radius 2 is 2.55 bits per heavy atom. The molecule has 11 heavy (non-hydrogen) atoms. The fraction of sp³-hybridized carbons (Fsp3) is 0.833. The summed E-state index contributed by atoms with van der Waals surface area (Å²) in [5.74, 6) is 0.583. The van der Waals surface area contributed by atoms with Crippen LogP contribution in [-0.2, 0) is 4.84 Å². The molecule has 64 valence electrons. The second-order valence-corrected chi connectivity index (χ2v) is 2.42. The molecule has 0 saturated carbocycles. The summed E-state index contributed by atoms with van der Waals surface area (Å²) >= 11 is 0. The number of hydroxylamine groups is 1. The Morgan fingerprint density at radius 3 is 3.00 bits per heavy atom. The van der Waals surface area contributed by atoms with Crippen molar-refractivity contribution < 1.29 is 9.94 Å². The third-order valence-corrected chi connectivity index (χ3v) is 1.41. The second kappa shape index (κ2) is 3.54. The largest absolute Gasteiger partial charge is 0.348 e. The van der Waals surface area contributed by atoms with Crippen molar-refractivity contribution in [2.45, 2.75) is 19.8 Å². The molecule has 1 aliphatic rings. The van der Waals surface area contributed by atoms with E-state index in [1.165, 1.54) is 0 Å². The number of guanidine groups is 1. The number of rotatable bonds is 2. The fourth-order valence-electron chi connectivity index (χ4n) is 0.881. The quantitative estimate of drug-likeness (QED) is 0.570. The lowest BCUT2D eigenvalue weighted by molar-refractivity contribution is -0.103. The molecule has 0 saturated heterocycles. The minimum atomic E-state index is -1.05. The van der Waals surface area contributed by atoms with E-state index in [0.29, 0.717) is 5.96 Å². The Kier molecular flexibility index (Phi) is 2.67. The first-order valence-electron chi connectivity index (χ1n) is 3.62. The summed E-state index contributed by atoms with van der Waals surface area (Å²) in [5.41, 5.74) is 2.52. The van der Waals surface area contributed by atoms with Gasteiger partial charge < -0.3 is 10.0 Å². The highest BCUT2D eigenvalue weighted by molar-refractivity contribution is 5.79. The van der Waals surface area contributed by atoms with Crippen LogP contribution in [0.4, 0.5) is 0 Å².